The lowest BCUT2D eigenvalue weighted by Gasteiger charge is -2.36. The Hall–Kier alpha value is -2.61. The summed E-state index contributed by atoms with van der Waals surface area (Å²) in [6, 6.07) is 8.74. The highest BCUT2D eigenvalue weighted by Crippen LogP contribution is 2.35. The van der Waals surface area contributed by atoms with E-state index in [2.05, 4.69) is 9.80 Å². The molecule has 1 amide bonds. The van der Waals surface area contributed by atoms with Crippen molar-refractivity contribution in [2.45, 2.75) is 0 Å². The summed E-state index contributed by atoms with van der Waals surface area (Å²) in [5.41, 5.74) is 6.93. The van der Waals surface area contributed by atoms with Gasteiger partial charge in [0, 0.05) is 43.5 Å². The highest BCUT2D eigenvalue weighted by Gasteiger charge is 2.25. The number of hydrogen-bond donors (Lipinski definition) is 1. The first-order valence-corrected chi connectivity index (χ1v) is 8.06. The number of rotatable bonds is 4. The monoisotopic (exact) mass is 332 g/mol. The van der Waals surface area contributed by atoms with Crippen molar-refractivity contribution in [1.29, 1.82) is 0 Å². The van der Waals surface area contributed by atoms with Gasteiger partial charge in [-0.25, -0.2) is 0 Å². The van der Waals surface area contributed by atoms with E-state index >= 15 is 0 Å². The van der Waals surface area contributed by atoms with Crippen LogP contribution < -0.4 is 15.5 Å². The number of thiophene rings is 1. The van der Waals surface area contributed by atoms with Crippen LogP contribution in [0.15, 0.2) is 35.7 Å². The summed E-state index contributed by atoms with van der Waals surface area (Å²) in [7, 11) is 0. The van der Waals surface area contributed by atoms with E-state index < -0.39 is 5.91 Å². The van der Waals surface area contributed by atoms with Gasteiger partial charge in [0.2, 0.25) is 5.91 Å². The quantitative estimate of drug-likeness (QED) is 0.683. The summed E-state index contributed by atoms with van der Waals surface area (Å²) in [6.45, 7) is 2.98. The Morgan fingerprint density at radius 1 is 1.09 bits per heavy atom. The second kappa shape index (κ2) is 6.25. The molecule has 1 saturated heterocycles. The van der Waals surface area contributed by atoms with Gasteiger partial charge >= 0.3 is 5.69 Å². The molecule has 0 aliphatic carbocycles. The van der Waals surface area contributed by atoms with E-state index in [1.54, 1.807) is 23.6 Å². The van der Waals surface area contributed by atoms with Crippen LogP contribution in [0.5, 0.6) is 0 Å². The van der Waals surface area contributed by atoms with E-state index in [9.17, 15) is 14.9 Å². The Balaban J connectivity index is 1.67. The zero-order valence-corrected chi connectivity index (χ0v) is 13.2. The SMILES string of the molecule is NC(=O)c1ccc(N2CCN(c3sccc3[N+](=O)[O-])CC2)cc1. The molecule has 3 rings (SSSR count). The number of anilines is 2. The van der Waals surface area contributed by atoms with Crippen molar-refractivity contribution in [3.05, 3.63) is 51.4 Å². The molecule has 0 unspecified atom stereocenters. The number of carbonyl (C=O) groups excluding carboxylic acids is 1. The Labute approximate surface area is 137 Å². The van der Waals surface area contributed by atoms with Gasteiger partial charge in [-0.1, -0.05) is 0 Å². The lowest BCUT2D eigenvalue weighted by Crippen LogP contribution is -2.46. The first kappa shape index (κ1) is 15.3. The van der Waals surface area contributed by atoms with Gasteiger partial charge in [0.1, 0.15) is 0 Å². The molecule has 1 fully saturated rings. The number of nitro groups is 1. The molecular formula is C15H16N4O3S. The first-order valence-electron chi connectivity index (χ1n) is 7.18. The summed E-state index contributed by atoms with van der Waals surface area (Å²) in [6.07, 6.45) is 0. The summed E-state index contributed by atoms with van der Waals surface area (Å²) >= 11 is 1.40. The number of nitrogens with zero attached hydrogens (tertiary/aromatic N) is 3. The minimum atomic E-state index is -0.439. The first-order chi connectivity index (χ1) is 11.1. The van der Waals surface area contributed by atoms with Gasteiger partial charge in [-0.15, -0.1) is 11.3 Å². The molecular weight excluding hydrogens is 316 g/mol. The molecule has 0 radical (unpaired) electrons. The van der Waals surface area contributed by atoms with Gasteiger partial charge in [0.25, 0.3) is 0 Å². The van der Waals surface area contributed by atoms with Gasteiger partial charge in [0.05, 0.1) is 4.92 Å². The van der Waals surface area contributed by atoms with Crippen molar-refractivity contribution in [1.82, 2.24) is 0 Å². The number of benzene rings is 1. The molecule has 8 heteroatoms. The molecule has 7 nitrogen and oxygen atoms in total. The van der Waals surface area contributed by atoms with E-state index in [-0.39, 0.29) is 10.6 Å². The van der Waals surface area contributed by atoms with Gasteiger partial charge in [-0.2, -0.15) is 0 Å². The number of nitrogens with two attached hydrogens (primary N) is 1. The molecule has 0 spiro atoms. The van der Waals surface area contributed by atoms with Crippen LogP contribution in [0.4, 0.5) is 16.4 Å². The Morgan fingerprint density at radius 2 is 1.70 bits per heavy atom. The molecule has 1 aromatic heterocycles. The van der Waals surface area contributed by atoms with E-state index in [0.29, 0.717) is 5.56 Å². The number of primary amides is 1. The highest BCUT2D eigenvalue weighted by molar-refractivity contribution is 7.14. The number of piperazine rings is 1. The van der Waals surface area contributed by atoms with Crippen molar-refractivity contribution in [3.63, 3.8) is 0 Å². The third-order valence-corrected chi connectivity index (χ3v) is 4.87. The molecule has 0 atom stereocenters. The lowest BCUT2D eigenvalue weighted by molar-refractivity contribution is -0.383. The molecule has 120 valence electrons. The third-order valence-electron chi connectivity index (χ3n) is 3.91. The Kier molecular flexibility index (Phi) is 4.16. The van der Waals surface area contributed by atoms with Crippen LogP contribution in [0, 0.1) is 10.1 Å². The maximum absolute atomic E-state index is 11.1. The Bertz CT molecular complexity index is 721. The van der Waals surface area contributed by atoms with E-state index in [1.165, 1.54) is 11.3 Å². The van der Waals surface area contributed by atoms with Crippen LogP contribution in [0.25, 0.3) is 0 Å². The zero-order valence-electron chi connectivity index (χ0n) is 12.3. The predicted molar refractivity (Wildman–Crippen MR) is 90.4 cm³/mol. The zero-order chi connectivity index (χ0) is 16.4. The fourth-order valence-electron chi connectivity index (χ4n) is 2.67. The van der Waals surface area contributed by atoms with Crippen LogP contribution >= 0.6 is 11.3 Å². The summed E-state index contributed by atoms with van der Waals surface area (Å²) < 4.78 is 0. The summed E-state index contributed by atoms with van der Waals surface area (Å²) in [5.74, 6) is -0.439. The average molecular weight is 332 g/mol. The fraction of sp³-hybridized carbons (Fsp3) is 0.267. The van der Waals surface area contributed by atoms with Crippen molar-refractivity contribution in [2.75, 3.05) is 36.0 Å². The van der Waals surface area contributed by atoms with Crippen molar-refractivity contribution in [2.24, 2.45) is 5.73 Å². The van der Waals surface area contributed by atoms with Gasteiger partial charge in [0.15, 0.2) is 5.00 Å². The van der Waals surface area contributed by atoms with Crippen LogP contribution in [0.3, 0.4) is 0 Å². The van der Waals surface area contributed by atoms with Crippen molar-refractivity contribution < 1.29 is 9.72 Å². The highest BCUT2D eigenvalue weighted by atomic mass is 32.1. The van der Waals surface area contributed by atoms with Gasteiger partial charge in [-0.05, 0) is 29.6 Å². The van der Waals surface area contributed by atoms with E-state index in [0.717, 1.165) is 36.9 Å². The molecule has 0 saturated carbocycles. The lowest BCUT2D eigenvalue weighted by atomic mass is 10.1. The van der Waals surface area contributed by atoms with E-state index in [1.807, 2.05) is 12.1 Å². The molecule has 2 heterocycles. The molecule has 1 aliphatic heterocycles. The van der Waals surface area contributed by atoms with Crippen molar-refractivity contribution in [3.8, 4) is 0 Å². The topological polar surface area (TPSA) is 92.7 Å². The summed E-state index contributed by atoms with van der Waals surface area (Å²) in [5, 5.41) is 13.5. The molecule has 1 aliphatic rings. The van der Waals surface area contributed by atoms with Crippen molar-refractivity contribution >= 4 is 33.6 Å². The smallest absolute Gasteiger partial charge is 0.303 e. The summed E-state index contributed by atoms with van der Waals surface area (Å²) in [4.78, 5) is 26.0. The van der Waals surface area contributed by atoms with Crippen LogP contribution in [-0.4, -0.2) is 37.0 Å². The van der Waals surface area contributed by atoms with Crippen LogP contribution in [0.2, 0.25) is 0 Å². The number of carbonyl (C=O) groups is 1. The molecule has 2 N–H and O–H groups in total. The van der Waals surface area contributed by atoms with E-state index in [4.69, 9.17) is 5.73 Å². The second-order valence-electron chi connectivity index (χ2n) is 5.25. The maximum Gasteiger partial charge on any atom is 0.303 e. The fourth-order valence-corrected chi connectivity index (χ4v) is 3.60. The minimum Gasteiger partial charge on any atom is -0.368 e. The van der Waals surface area contributed by atoms with Crippen LogP contribution in [0.1, 0.15) is 10.4 Å². The molecule has 0 bridgehead atoms. The average Bonchev–Trinajstić information content (AvgIpc) is 3.05. The number of hydrogen-bond acceptors (Lipinski definition) is 6. The second-order valence-corrected chi connectivity index (χ2v) is 6.15. The largest absolute Gasteiger partial charge is 0.368 e. The third kappa shape index (κ3) is 3.11. The molecule has 1 aromatic carbocycles. The predicted octanol–water partition coefficient (Wildman–Crippen LogP) is 2.08. The Morgan fingerprint density at radius 3 is 2.26 bits per heavy atom. The van der Waals surface area contributed by atoms with Gasteiger partial charge < -0.3 is 15.5 Å². The van der Waals surface area contributed by atoms with Crippen LogP contribution in [-0.2, 0) is 0 Å². The number of amides is 1. The molecule has 23 heavy (non-hydrogen) atoms. The normalized spacial score (nSPS) is 14.8. The van der Waals surface area contributed by atoms with Gasteiger partial charge in [-0.3, -0.25) is 14.9 Å². The standard InChI is InChI=1S/C15H16N4O3S/c16-14(20)11-1-3-12(4-2-11)17-6-8-18(9-7-17)15-13(19(21)22)5-10-23-15/h1-5,10H,6-9H2,(H2,16,20). The minimum absolute atomic E-state index is 0.175. The maximum atomic E-state index is 11.1. The molecule has 2 aromatic rings.